The maximum absolute atomic E-state index is 12.4. The van der Waals surface area contributed by atoms with Gasteiger partial charge >= 0.3 is 6.18 Å². The summed E-state index contributed by atoms with van der Waals surface area (Å²) in [5, 5.41) is 12.5. The van der Waals surface area contributed by atoms with Crippen LogP contribution in [0.4, 0.5) is 13.2 Å². The van der Waals surface area contributed by atoms with Gasteiger partial charge in [0.05, 0.1) is 13.2 Å². The van der Waals surface area contributed by atoms with Crippen LogP contribution in [0, 0.1) is 0 Å². The molecule has 0 aromatic heterocycles. The summed E-state index contributed by atoms with van der Waals surface area (Å²) in [7, 11) is 0. The Balaban J connectivity index is 1.87. The van der Waals surface area contributed by atoms with E-state index in [0.29, 0.717) is 13.1 Å². The molecule has 2 unspecified atom stereocenters. The van der Waals surface area contributed by atoms with Crippen LogP contribution in [-0.4, -0.2) is 41.9 Å². The first-order valence-corrected chi connectivity index (χ1v) is 7.12. The lowest BCUT2D eigenvalue weighted by atomic mass is 10.0. The molecule has 0 bridgehead atoms. The predicted octanol–water partition coefficient (Wildman–Crippen LogP) is 2.47. The van der Waals surface area contributed by atoms with E-state index in [4.69, 9.17) is 5.11 Å². The minimum Gasteiger partial charge on any atom is -0.392 e. The average molecular weight is 302 g/mol. The molecule has 6 heteroatoms. The van der Waals surface area contributed by atoms with E-state index >= 15 is 0 Å². The smallest absolute Gasteiger partial charge is 0.392 e. The van der Waals surface area contributed by atoms with E-state index in [9.17, 15) is 13.2 Å². The molecule has 2 rings (SSSR count). The molecule has 0 amide bonds. The average Bonchev–Trinajstić information content (AvgIpc) is 2.83. The highest BCUT2D eigenvalue weighted by molar-refractivity contribution is 5.25. The Morgan fingerprint density at radius 3 is 2.86 bits per heavy atom. The van der Waals surface area contributed by atoms with Crippen molar-refractivity contribution in [3.05, 3.63) is 35.4 Å². The third kappa shape index (κ3) is 4.98. The lowest BCUT2D eigenvalue weighted by Gasteiger charge is -2.21. The number of hydrogen-bond donors (Lipinski definition) is 2. The van der Waals surface area contributed by atoms with Gasteiger partial charge in [0.25, 0.3) is 0 Å². The molecular formula is C15H21F3N2O. The van der Waals surface area contributed by atoms with E-state index in [-0.39, 0.29) is 18.7 Å². The second-order valence-electron chi connectivity index (χ2n) is 5.63. The number of hydrogen-bond acceptors (Lipinski definition) is 3. The topological polar surface area (TPSA) is 35.5 Å². The number of alkyl halides is 3. The highest BCUT2D eigenvalue weighted by atomic mass is 19.4. The zero-order chi connectivity index (χ0) is 15.5. The van der Waals surface area contributed by atoms with Crippen LogP contribution >= 0.6 is 0 Å². The van der Waals surface area contributed by atoms with Crippen LogP contribution < -0.4 is 5.32 Å². The molecule has 1 saturated heterocycles. The van der Waals surface area contributed by atoms with Gasteiger partial charge in [-0.1, -0.05) is 24.3 Å². The van der Waals surface area contributed by atoms with Crippen molar-refractivity contribution in [3.8, 4) is 0 Å². The van der Waals surface area contributed by atoms with Gasteiger partial charge in [0, 0.05) is 25.2 Å². The molecule has 3 nitrogen and oxygen atoms in total. The molecule has 118 valence electrons. The first-order valence-electron chi connectivity index (χ1n) is 7.12. The summed E-state index contributed by atoms with van der Waals surface area (Å²) in [6, 6.07) is 7.72. The number of aliphatic hydroxyl groups excluding tert-OH is 1. The zero-order valence-electron chi connectivity index (χ0n) is 12.0. The second kappa shape index (κ2) is 6.77. The fourth-order valence-corrected chi connectivity index (χ4v) is 2.78. The molecule has 1 aromatic rings. The van der Waals surface area contributed by atoms with Crippen LogP contribution in [0.2, 0.25) is 0 Å². The molecule has 0 saturated carbocycles. The SMILES string of the molecule is CC(NC1CCN(CC(F)(F)F)C1)c1cccc(CO)c1. The lowest BCUT2D eigenvalue weighted by Crippen LogP contribution is -2.37. The number of nitrogens with zero attached hydrogens (tertiary/aromatic N) is 1. The third-order valence-corrected chi connectivity index (χ3v) is 3.79. The molecule has 2 N–H and O–H groups in total. The molecule has 21 heavy (non-hydrogen) atoms. The minimum absolute atomic E-state index is 0.0106. The third-order valence-electron chi connectivity index (χ3n) is 3.79. The maximum atomic E-state index is 12.4. The zero-order valence-corrected chi connectivity index (χ0v) is 12.0. The molecule has 1 aliphatic heterocycles. The van der Waals surface area contributed by atoms with Crippen molar-refractivity contribution in [2.75, 3.05) is 19.6 Å². The van der Waals surface area contributed by atoms with Crippen LogP contribution in [-0.2, 0) is 6.61 Å². The van der Waals surface area contributed by atoms with Gasteiger partial charge < -0.3 is 10.4 Å². The Hall–Kier alpha value is -1.11. The largest absolute Gasteiger partial charge is 0.401 e. The number of halogens is 3. The van der Waals surface area contributed by atoms with Crippen molar-refractivity contribution >= 4 is 0 Å². The fraction of sp³-hybridized carbons (Fsp3) is 0.600. The number of nitrogens with one attached hydrogen (secondary N) is 1. The predicted molar refractivity (Wildman–Crippen MR) is 74.8 cm³/mol. The van der Waals surface area contributed by atoms with Crippen molar-refractivity contribution in [3.63, 3.8) is 0 Å². The van der Waals surface area contributed by atoms with Gasteiger partial charge in [0.2, 0.25) is 0 Å². The Labute approximate surface area is 122 Å². The quantitative estimate of drug-likeness (QED) is 0.877. The summed E-state index contributed by atoms with van der Waals surface area (Å²) < 4.78 is 37.1. The molecule has 0 spiro atoms. The lowest BCUT2D eigenvalue weighted by molar-refractivity contribution is -0.143. The Morgan fingerprint density at radius 1 is 1.43 bits per heavy atom. The van der Waals surface area contributed by atoms with E-state index in [2.05, 4.69) is 5.32 Å². The normalized spacial score (nSPS) is 21.7. The van der Waals surface area contributed by atoms with E-state index < -0.39 is 12.7 Å². The molecule has 1 heterocycles. The highest BCUT2D eigenvalue weighted by Gasteiger charge is 2.34. The molecular weight excluding hydrogens is 281 g/mol. The standard InChI is InChI=1S/C15H21F3N2O/c1-11(13-4-2-3-12(7-13)9-21)19-14-5-6-20(8-14)10-15(16,17)18/h2-4,7,11,14,19,21H,5-6,8-10H2,1H3. The molecule has 0 aliphatic carbocycles. The summed E-state index contributed by atoms with van der Waals surface area (Å²) in [6.45, 7) is 2.04. The van der Waals surface area contributed by atoms with Crippen LogP contribution in [0.15, 0.2) is 24.3 Å². The summed E-state index contributed by atoms with van der Waals surface area (Å²) in [4.78, 5) is 1.44. The van der Waals surface area contributed by atoms with E-state index in [1.807, 2.05) is 31.2 Å². The summed E-state index contributed by atoms with van der Waals surface area (Å²) in [5.41, 5.74) is 1.88. The van der Waals surface area contributed by atoms with Crippen molar-refractivity contribution in [1.29, 1.82) is 0 Å². The Kier molecular flexibility index (Phi) is 5.24. The van der Waals surface area contributed by atoms with Gasteiger partial charge in [0.1, 0.15) is 0 Å². The van der Waals surface area contributed by atoms with Crippen molar-refractivity contribution in [2.45, 2.75) is 38.2 Å². The Morgan fingerprint density at radius 2 is 2.19 bits per heavy atom. The number of likely N-dealkylation sites (tertiary alicyclic amines) is 1. The molecule has 0 radical (unpaired) electrons. The number of rotatable bonds is 5. The minimum atomic E-state index is -4.13. The van der Waals surface area contributed by atoms with Crippen LogP contribution in [0.5, 0.6) is 0 Å². The van der Waals surface area contributed by atoms with Gasteiger partial charge in [-0.3, -0.25) is 4.90 Å². The van der Waals surface area contributed by atoms with Gasteiger partial charge in [-0.2, -0.15) is 13.2 Å². The van der Waals surface area contributed by atoms with Crippen LogP contribution in [0.1, 0.15) is 30.5 Å². The number of aliphatic hydroxyl groups is 1. The van der Waals surface area contributed by atoms with Crippen molar-refractivity contribution in [1.82, 2.24) is 10.2 Å². The van der Waals surface area contributed by atoms with E-state index in [0.717, 1.165) is 17.5 Å². The number of benzene rings is 1. The van der Waals surface area contributed by atoms with E-state index in [1.165, 1.54) is 4.90 Å². The first kappa shape index (κ1) is 16.3. The summed E-state index contributed by atoms with van der Waals surface area (Å²) in [6.07, 6.45) is -3.41. The van der Waals surface area contributed by atoms with Crippen molar-refractivity contribution < 1.29 is 18.3 Å². The second-order valence-corrected chi connectivity index (χ2v) is 5.63. The van der Waals surface area contributed by atoms with E-state index in [1.54, 1.807) is 0 Å². The maximum Gasteiger partial charge on any atom is 0.401 e. The van der Waals surface area contributed by atoms with Gasteiger partial charge in [-0.05, 0) is 24.5 Å². The molecule has 1 aliphatic rings. The van der Waals surface area contributed by atoms with Gasteiger partial charge in [0.15, 0.2) is 0 Å². The monoisotopic (exact) mass is 302 g/mol. The highest BCUT2D eigenvalue weighted by Crippen LogP contribution is 2.22. The van der Waals surface area contributed by atoms with Crippen LogP contribution in [0.3, 0.4) is 0 Å². The fourth-order valence-electron chi connectivity index (χ4n) is 2.78. The molecule has 2 atom stereocenters. The molecule has 1 aromatic carbocycles. The summed E-state index contributed by atoms with van der Waals surface area (Å²) >= 11 is 0. The van der Waals surface area contributed by atoms with Gasteiger partial charge in [-0.25, -0.2) is 0 Å². The van der Waals surface area contributed by atoms with Crippen molar-refractivity contribution in [2.24, 2.45) is 0 Å². The van der Waals surface area contributed by atoms with Crippen LogP contribution in [0.25, 0.3) is 0 Å². The summed E-state index contributed by atoms with van der Waals surface area (Å²) in [5.74, 6) is 0. The first-order chi connectivity index (χ1) is 9.87. The Bertz CT molecular complexity index is 464. The van der Waals surface area contributed by atoms with Gasteiger partial charge in [-0.15, -0.1) is 0 Å². The molecule has 1 fully saturated rings.